The first kappa shape index (κ1) is 20.5. The Balaban J connectivity index is 1.51. The lowest BCUT2D eigenvalue weighted by Gasteiger charge is -2.26. The topological polar surface area (TPSA) is 80.0 Å². The second-order valence-electron chi connectivity index (χ2n) is 7.79. The van der Waals surface area contributed by atoms with Gasteiger partial charge in [0.2, 0.25) is 0 Å². The summed E-state index contributed by atoms with van der Waals surface area (Å²) in [5.74, 6) is 1.26. The van der Waals surface area contributed by atoms with Crippen LogP contribution in [0.2, 0.25) is 0 Å². The summed E-state index contributed by atoms with van der Waals surface area (Å²) in [4.78, 5) is 15.6. The minimum absolute atomic E-state index is 0.505. The highest BCUT2D eigenvalue weighted by atomic mass is 15.2. The zero-order valence-electron chi connectivity index (χ0n) is 18.1. The molecule has 0 aliphatic rings. The maximum absolute atomic E-state index is 6.64. The summed E-state index contributed by atoms with van der Waals surface area (Å²) in [7, 11) is 0. The van der Waals surface area contributed by atoms with Crippen LogP contribution >= 0.6 is 0 Å². The van der Waals surface area contributed by atoms with Crippen molar-refractivity contribution in [3.8, 4) is 0 Å². The molecular weight excluding hydrogens is 408 g/mol. The first-order chi connectivity index (χ1) is 16.3. The van der Waals surface area contributed by atoms with Crippen LogP contribution in [0.25, 0.3) is 10.9 Å². The second kappa shape index (κ2) is 9.36. The molecule has 0 amide bonds. The first-order valence-corrected chi connectivity index (χ1v) is 10.8. The average molecular weight is 433 g/mol. The molecule has 6 nitrogen and oxygen atoms in total. The number of nitrogens with zero attached hydrogens (tertiary/aromatic N) is 4. The second-order valence-corrected chi connectivity index (χ2v) is 7.79. The van der Waals surface area contributed by atoms with Gasteiger partial charge in [-0.2, -0.15) is 0 Å². The van der Waals surface area contributed by atoms with Gasteiger partial charge in [-0.15, -0.1) is 0 Å². The normalized spacial score (nSPS) is 10.8. The third-order valence-electron chi connectivity index (χ3n) is 5.49. The average Bonchev–Trinajstić information content (AvgIpc) is 2.86. The van der Waals surface area contributed by atoms with Gasteiger partial charge >= 0.3 is 0 Å². The Morgan fingerprint density at radius 2 is 1.39 bits per heavy atom. The van der Waals surface area contributed by atoms with Crippen molar-refractivity contribution in [2.24, 2.45) is 0 Å². The molecule has 5 aromatic rings. The molecule has 0 saturated heterocycles. The van der Waals surface area contributed by atoms with Crippen LogP contribution < -0.4 is 16.0 Å². The number of fused-ring (bicyclic) bond motifs is 1. The van der Waals surface area contributed by atoms with Gasteiger partial charge in [0.15, 0.2) is 11.6 Å². The fourth-order valence-electron chi connectivity index (χ4n) is 3.89. The molecule has 0 fully saturated rings. The summed E-state index contributed by atoms with van der Waals surface area (Å²) in [6.07, 6.45) is 3.34. The smallest absolute Gasteiger partial charge is 0.159 e. The fraction of sp³-hybridized carbons (Fsp3) is 0.0741. The molecule has 2 heterocycles. The van der Waals surface area contributed by atoms with E-state index in [0.717, 1.165) is 16.6 Å². The fourth-order valence-corrected chi connectivity index (χ4v) is 3.89. The van der Waals surface area contributed by atoms with Crippen LogP contribution in [0.5, 0.6) is 0 Å². The van der Waals surface area contributed by atoms with Crippen LogP contribution in [0.1, 0.15) is 11.1 Å². The zero-order chi connectivity index (χ0) is 22.5. The van der Waals surface area contributed by atoms with Crippen LogP contribution in [0.3, 0.4) is 0 Å². The van der Waals surface area contributed by atoms with E-state index in [2.05, 4.69) is 49.4 Å². The van der Waals surface area contributed by atoms with Crippen molar-refractivity contribution in [2.75, 3.05) is 16.0 Å². The highest BCUT2D eigenvalue weighted by Crippen LogP contribution is 2.32. The van der Waals surface area contributed by atoms with Crippen molar-refractivity contribution in [3.05, 3.63) is 115 Å². The van der Waals surface area contributed by atoms with Crippen molar-refractivity contribution in [1.29, 1.82) is 0 Å². The molecule has 0 atom stereocenters. The van der Waals surface area contributed by atoms with Gasteiger partial charge in [0, 0.05) is 30.4 Å². The van der Waals surface area contributed by atoms with E-state index < -0.39 is 0 Å². The van der Waals surface area contributed by atoms with Gasteiger partial charge < -0.3 is 16.0 Å². The molecule has 5 rings (SSSR count). The standard InChI is InChI=1S/C27H24N6/c28-25-26(32-24-15-7-14-23-22(24)13-8-16-29-23)30-19-31-27(25)33(17-20-9-3-1-4-10-20)18-21-11-5-2-6-12-21/h1-16,19H,17-18,28H2,(H,30,31,32). The molecule has 33 heavy (non-hydrogen) atoms. The molecule has 162 valence electrons. The van der Waals surface area contributed by atoms with E-state index in [-0.39, 0.29) is 0 Å². The van der Waals surface area contributed by atoms with Crippen LogP contribution in [-0.4, -0.2) is 15.0 Å². The molecule has 3 aromatic carbocycles. The summed E-state index contributed by atoms with van der Waals surface area (Å²) in [5.41, 5.74) is 11.3. The Hall–Kier alpha value is -4.45. The summed E-state index contributed by atoms with van der Waals surface area (Å²) in [5, 5.41) is 4.40. The zero-order valence-corrected chi connectivity index (χ0v) is 18.1. The molecule has 0 unspecified atom stereocenters. The number of nitrogen functional groups attached to an aromatic ring is 1. The lowest BCUT2D eigenvalue weighted by atomic mass is 10.1. The van der Waals surface area contributed by atoms with Crippen LogP contribution in [0.4, 0.5) is 23.0 Å². The van der Waals surface area contributed by atoms with Crippen molar-refractivity contribution in [1.82, 2.24) is 15.0 Å². The van der Waals surface area contributed by atoms with E-state index in [1.165, 1.54) is 11.1 Å². The van der Waals surface area contributed by atoms with Crippen molar-refractivity contribution < 1.29 is 0 Å². The number of nitrogens with one attached hydrogen (secondary N) is 1. The van der Waals surface area contributed by atoms with Gasteiger partial charge in [-0.1, -0.05) is 66.7 Å². The van der Waals surface area contributed by atoms with Gasteiger partial charge in [-0.3, -0.25) is 4.98 Å². The van der Waals surface area contributed by atoms with Crippen LogP contribution in [0, 0.1) is 0 Å². The summed E-state index contributed by atoms with van der Waals surface area (Å²) in [6, 6.07) is 30.5. The Morgan fingerprint density at radius 3 is 2.09 bits per heavy atom. The largest absolute Gasteiger partial charge is 0.393 e. The van der Waals surface area contributed by atoms with Crippen LogP contribution in [-0.2, 0) is 13.1 Å². The number of benzene rings is 3. The summed E-state index contributed by atoms with van der Waals surface area (Å²) < 4.78 is 0. The molecule has 0 aliphatic carbocycles. The van der Waals surface area contributed by atoms with Gasteiger partial charge in [-0.25, -0.2) is 9.97 Å². The maximum Gasteiger partial charge on any atom is 0.159 e. The molecule has 2 aromatic heterocycles. The third kappa shape index (κ3) is 4.60. The molecule has 0 spiro atoms. The number of anilines is 4. The molecule has 0 bridgehead atoms. The highest BCUT2D eigenvalue weighted by molar-refractivity contribution is 5.94. The van der Waals surface area contributed by atoms with E-state index >= 15 is 0 Å². The number of pyridine rings is 1. The molecule has 0 saturated carbocycles. The van der Waals surface area contributed by atoms with Crippen molar-refractivity contribution in [3.63, 3.8) is 0 Å². The minimum atomic E-state index is 0.505. The predicted octanol–water partition coefficient (Wildman–Crippen LogP) is 5.56. The maximum atomic E-state index is 6.64. The van der Waals surface area contributed by atoms with Gasteiger partial charge in [-0.05, 0) is 35.4 Å². The van der Waals surface area contributed by atoms with E-state index in [1.807, 2.05) is 66.7 Å². The Bertz CT molecular complexity index is 1310. The predicted molar refractivity (Wildman–Crippen MR) is 134 cm³/mol. The highest BCUT2D eigenvalue weighted by Gasteiger charge is 2.17. The SMILES string of the molecule is Nc1c(Nc2cccc3ncccc23)ncnc1N(Cc1ccccc1)Cc1ccccc1. The van der Waals surface area contributed by atoms with E-state index in [4.69, 9.17) is 5.73 Å². The molecule has 0 radical (unpaired) electrons. The Labute approximate surface area is 192 Å². The van der Waals surface area contributed by atoms with E-state index in [1.54, 1.807) is 12.5 Å². The lowest BCUT2D eigenvalue weighted by Crippen LogP contribution is -2.24. The third-order valence-corrected chi connectivity index (χ3v) is 5.49. The van der Waals surface area contributed by atoms with Crippen molar-refractivity contribution >= 4 is 33.9 Å². The monoisotopic (exact) mass is 432 g/mol. The number of nitrogens with two attached hydrogens (primary N) is 1. The number of hydrogen-bond donors (Lipinski definition) is 2. The van der Waals surface area contributed by atoms with E-state index in [0.29, 0.717) is 30.4 Å². The van der Waals surface area contributed by atoms with Crippen LogP contribution in [0.15, 0.2) is 104 Å². The summed E-state index contributed by atoms with van der Waals surface area (Å²) in [6.45, 7) is 1.35. The molecule has 3 N–H and O–H groups in total. The molecular formula is C27H24N6. The Morgan fingerprint density at radius 1 is 0.697 bits per heavy atom. The van der Waals surface area contributed by atoms with Gasteiger partial charge in [0.25, 0.3) is 0 Å². The van der Waals surface area contributed by atoms with Gasteiger partial charge in [0.05, 0.1) is 5.52 Å². The van der Waals surface area contributed by atoms with Crippen molar-refractivity contribution in [2.45, 2.75) is 13.1 Å². The van der Waals surface area contributed by atoms with Gasteiger partial charge in [0.1, 0.15) is 12.0 Å². The number of hydrogen-bond acceptors (Lipinski definition) is 6. The number of rotatable bonds is 7. The molecule has 0 aliphatic heterocycles. The molecule has 6 heteroatoms. The minimum Gasteiger partial charge on any atom is -0.393 e. The number of aromatic nitrogens is 3. The van der Waals surface area contributed by atoms with E-state index in [9.17, 15) is 0 Å². The quantitative estimate of drug-likeness (QED) is 0.351. The summed E-state index contributed by atoms with van der Waals surface area (Å²) >= 11 is 0. The lowest BCUT2D eigenvalue weighted by molar-refractivity contribution is 0.782. The first-order valence-electron chi connectivity index (χ1n) is 10.8. The Kier molecular flexibility index (Phi) is 5.80.